The summed E-state index contributed by atoms with van der Waals surface area (Å²) in [5, 5.41) is 0. The maximum atomic E-state index is 9.81. The smallest absolute Gasteiger partial charge is 0.310 e. The van der Waals surface area contributed by atoms with E-state index < -0.39 is 11.9 Å². The van der Waals surface area contributed by atoms with E-state index in [0.717, 1.165) is 11.8 Å². The van der Waals surface area contributed by atoms with Gasteiger partial charge in [-0.05, 0) is 31.1 Å². The Morgan fingerprint density at radius 2 is 1.50 bits per heavy atom. The van der Waals surface area contributed by atoms with Crippen LogP contribution in [0.4, 0.5) is 0 Å². The van der Waals surface area contributed by atoms with Gasteiger partial charge in [-0.1, -0.05) is 12.2 Å². The molecule has 0 aromatic rings. The quantitative estimate of drug-likeness (QED) is 0.338. The van der Waals surface area contributed by atoms with Crippen molar-refractivity contribution >= 4 is 11.9 Å². The summed E-state index contributed by atoms with van der Waals surface area (Å²) in [6, 6.07) is 0. The molecule has 1 fully saturated rings. The first-order chi connectivity index (χ1) is 6.58. The van der Waals surface area contributed by atoms with Gasteiger partial charge in [0, 0.05) is 13.8 Å². The Kier molecular flexibility index (Phi) is 3.86. The first-order valence-corrected chi connectivity index (χ1v) is 4.95. The van der Waals surface area contributed by atoms with Gasteiger partial charge in [0.05, 0.1) is 0 Å². The van der Waals surface area contributed by atoms with Crippen LogP contribution in [0.1, 0.15) is 33.1 Å². The number of allylic oxidation sites excluding steroid dienone is 2. The third-order valence-electron chi connectivity index (χ3n) is 2.46. The molecule has 1 saturated carbocycles. The number of esters is 2. The number of carbonyl (C=O) groups excluding carboxylic acids is 2. The molecule has 2 bridgehead atoms. The Hall–Kier alpha value is -1.12. The molecule has 0 spiro atoms. The summed E-state index contributed by atoms with van der Waals surface area (Å²) in [5.41, 5.74) is 0. The number of hydrogen-bond acceptors (Lipinski definition) is 3. The molecule has 0 heterocycles. The zero-order valence-electron chi connectivity index (χ0n) is 8.66. The molecule has 2 unspecified atom stereocenters. The minimum atomic E-state index is -0.562. The van der Waals surface area contributed by atoms with E-state index in [0.29, 0.717) is 0 Å². The van der Waals surface area contributed by atoms with Crippen molar-refractivity contribution in [2.45, 2.75) is 33.1 Å². The molecule has 0 amide bonds. The fraction of sp³-hybridized carbons (Fsp3) is 0.636. The number of ether oxygens (including phenoxy) is 1. The molecule has 2 aliphatic carbocycles. The number of fused-ring (bicyclic) bond motifs is 2. The van der Waals surface area contributed by atoms with Crippen LogP contribution in [0, 0.1) is 11.8 Å². The Morgan fingerprint density at radius 3 is 1.57 bits per heavy atom. The van der Waals surface area contributed by atoms with Crippen molar-refractivity contribution in [3.8, 4) is 0 Å². The summed E-state index contributed by atoms with van der Waals surface area (Å²) >= 11 is 0. The van der Waals surface area contributed by atoms with E-state index in [9.17, 15) is 9.59 Å². The Bertz CT molecular complexity index is 231. The Balaban J connectivity index is 0.000000140. The van der Waals surface area contributed by atoms with Crippen LogP contribution in [0.3, 0.4) is 0 Å². The van der Waals surface area contributed by atoms with Gasteiger partial charge in [-0.2, -0.15) is 0 Å². The maximum Gasteiger partial charge on any atom is 0.310 e. The third-order valence-corrected chi connectivity index (χ3v) is 2.46. The lowest BCUT2D eigenvalue weighted by molar-refractivity contribution is -0.156. The predicted octanol–water partition coefficient (Wildman–Crippen LogP) is 2.07. The fourth-order valence-corrected chi connectivity index (χ4v) is 1.92. The predicted molar refractivity (Wildman–Crippen MR) is 52.4 cm³/mol. The lowest BCUT2D eigenvalue weighted by Gasteiger charge is -1.96. The summed E-state index contributed by atoms with van der Waals surface area (Å²) < 4.78 is 3.97. The zero-order chi connectivity index (χ0) is 10.6. The molecule has 0 saturated heterocycles. The Morgan fingerprint density at radius 1 is 1.07 bits per heavy atom. The van der Waals surface area contributed by atoms with Crippen LogP contribution in [0.25, 0.3) is 0 Å². The van der Waals surface area contributed by atoms with Crippen LogP contribution in [0.5, 0.6) is 0 Å². The summed E-state index contributed by atoms with van der Waals surface area (Å²) in [5.74, 6) is 0.856. The highest BCUT2D eigenvalue weighted by Crippen LogP contribution is 2.38. The van der Waals surface area contributed by atoms with Crippen LogP contribution in [0.15, 0.2) is 12.2 Å². The van der Waals surface area contributed by atoms with Gasteiger partial charge >= 0.3 is 11.9 Å². The zero-order valence-corrected chi connectivity index (χ0v) is 8.66. The van der Waals surface area contributed by atoms with Gasteiger partial charge in [-0.3, -0.25) is 9.59 Å². The van der Waals surface area contributed by atoms with E-state index in [-0.39, 0.29) is 0 Å². The molecule has 0 radical (unpaired) electrons. The molecule has 78 valence electrons. The average molecular weight is 196 g/mol. The molecule has 3 nitrogen and oxygen atoms in total. The number of rotatable bonds is 0. The van der Waals surface area contributed by atoms with Gasteiger partial charge in [-0.15, -0.1) is 0 Å². The van der Waals surface area contributed by atoms with Gasteiger partial charge in [0.2, 0.25) is 0 Å². The summed E-state index contributed by atoms with van der Waals surface area (Å²) in [6.07, 6.45) is 9.19. The average Bonchev–Trinajstić information content (AvgIpc) is 2.63. The van der Waals surface area contributed by atoms with E-state index in [1.807, 2.05) is 0 Å². The van der Waals surface area contributed by atoms with Gasteiger partial charge < -0.3 is 4.74 Å². The first kappa shape index (κ1) is 11.0. The fourth-order valence-electron chi connectivity index (χ4n) is 1.92. The minimum absolute atomic E-state index is 0.562. The van der Waals surface area contributed by atoms with E-state index >= 15 is 0 Å². The molecule has 14 heavy (non-hydrogen) atoms. The molecule has 0 aliphatic heterocycles. The third kappa shape index (κ3) is 3.73. The highest BCUT2D eigenvalue weighted by Gasteiger charge is 2.25. The SMILES string of the molecule is C1=CC2CCC1C2.CC(=O)OC(C)=O. The second kappa shape index (κ2) is 4.94. The highest BCUT2D eigenvalue weighted by molar-refractivity contribution is 5.82. The second-order valence-electron chi connectivity index (χ2n) is 3.80. The van der Waals surface area contributed by atoms with E-state index in [1.54, 1.807) is 0 Å². The molecule has 0 aromatic heterocycles. The van der Waals surface area contributed by atoms with Crippen molar-refractivity contribution in [2.24, 2.45) is 11.8 Å². The monoisotopic (exact) mass is 196 g/mol. The second-order valence-corrected chi connectivity index (χ2v) is 3.80. The number of hydrogen-bond donors (Lipinski definition) is 0. The Labute approximate surface area is 84.1 Å². The van der Waals surface area contributed by atoms with Gasteiger partial charge in [0.1, 0.15) is 0 Å². The number of carbonyl (C=O) groups is 2. The summed E-state index contributed by atoms with van der Waals surface area (Å²) in [6.45, 7) is 2.36. The normalized spacial score (nSPS) is 26.7. The van der Waals surface area contributed by atoms with Gasteiger partial charge in [0.25, 0.3) is 0 Å². The first-order valence-electron chi connectivity index (χ1n) is 4.95. The van der Waals surface area contributed by atoms with Gasteiger partial charge in [-0.25, -0.2) is 0 Å². The summed E-state index contributed by atoms with van der Waals surface area (Å²) in [4.78, 5) is 19.6. The van der Waals surface area contributed by atoms with Crippen molar-refractivity contribution in [3.05, 3.63) is 12.2 Å². The topological polar surface area (TPSA) is 43.4 Å². The van der Waals surface area contributed by atoms with E-state index in [2.05, 4.69) is 16.9 Å². The largest absolute Gasteiger partial charge is 0.394 e. The highest BCUT2D eigenvalue weighted by atomic mass is 16.6. The van der Waals surface area contributed by atoms with Gasteiger partial charge in [0.15, 0.2) is 0 Å². The lowest BCUT2D eigenvalue weighted by Crippen LogP contribution is -2.03. The van der Waals surface area contributed by atoms with Crippen molar-refractivity contribution in [2.75, 3.05) is 0 Å². The van der Waals surface area contributed by atoms with Crippen molar-refractivity contribution in [3.63, 3.8) is 0 Å². The van der Waals surface area contributed by atoms with Crippen LogP contribution >= 0.6 is 0 Å². The van der Waals surface area contributed by atoms with E-state index in [4.69, 9.17) is 0 Å². The maximum absolute atomic E-state index is 9.81. The molecule has 2 atom stereocenters. The molecule has 2 rings (SSSR count). The van der Waals surface area contributed by atoms with Crippen LogP contribution in [0.2, 0.25) is 0 Å². The van der Waals surface area contributed by atoms with Crippen LogP contribution in [-0.2, 0) is 14.3 Å². The molecule has 0 aromatic carbocycles. The molecular formula is C11H16O3. The minimum Gasteiger partial charge on any atom is -0.394 e. The van der Waals surface area contributed by atoms with Crippen LogP contribution < -0.4 is 0 Å². The van der Waals surface area contributed by atoms with Crippen LogP contribution in [-0.4, -0.2) is 11.9 Å². The lowest BCUT2D eigenvalue weighted by atomic mass is 10.1. The molecule has 3 heteroatoms. The van der Waals surface area contributed by atoms with Crippen molar-refractivity contribution in [1.29, 1.82) is 0 Å². The standard InChI is InChI=1S/C7H10.C4H6O3/c1-2-7-4-3-6(1)5-7;1-3(5)7-4(2)6/h1-2,6-7H,3-5H2;1-2H3. The molecule has 0 N–H and O–H groups in total. The van der Waals surface area contributed by atoms with Crippen molar-refractivity contribution in [1.82, 2.24) is 0 Å². The molecule has 2 aliphatic rings. The van der Waals surface area contributed by atoms with E-state index in [1.165, 1.54) is 33.1 Å². The summed E-state index contributed by atoms with van der Waals surface area (Å²) in [7, 11) is 0. The molecular weight excluding hydrogens is 180 g/mol. The van der Waals surface area contributed by atoms with Crippen molar-refractivity contribution < 1.29 is 14.3 Å².